The Kier molecular flexibility index (Phi) is 5.80. The van der Waals surface area contributed by atoms with Crippen LogP contribution in [0.3, 0.4) is 0 Å². The Hall–Kier alpha value is -1.26. The third kappa shape index (κ3) is 4.24. The number of aromatic hydroxyl groups is 2. The van der Waals surface area contributed by atoms with E-state index in [-0.39, 0.29) is 17.8 Å². The molecule has 0 saturated carbocycles. The number of aryl methyl sites for hydroxylation is 1. The van der Waals surface area contributed by atoms with Gasteiger partial charge in [-0.15, -0.1) is 0 Å². The van der Waals surface area contributed by atoms with Crippen molar-refractivity contribution in [1.82, 2.24) is 0 Å². The molecule has 0 saturated heterocycles. The van der Waals surface area contributed by atoms with Gasteiger partial charge < -0.3 is 19.7 Å². The number of hydrogen-bond donors (Lipinski definition) is 2. The first-order valence-electron chi connectivity index (χ1n) is 5.74. The number of unbranched alkanes of at least 4 members (excludes halogenated alkanes) is 1. The van der Waals surface area contributed by atoms with Crippen LogP contribution in [0.5, 0.6) is 11.5 Å². The lowest BCUT2D eigenvalue weighted by molar-refractivity contribution is -0.107. The first kappa shape index (κ1) is 13.8. The summed E-state index contributed by atoms with van der Waals surface area (Å²) < 4.78 is 10.2. The highest BCUT2D eigenvalue weighted by molar-refractivity contribution is 5.44. The number of phenols is 2. The van der Waals surface area contributed by atoms with Crippen LogP contribution in [-0.2, 0) is 15.9 Å². The molecular weight excluding hydrogens is 220 g/mol. The van der Waals surface area contributed by atoms with Crippen molar-refractivity contribution in [1.29, 1.82) is 0 Å². The minimum absolute atomic E-state index is 0.0115. The van der Waals surface area contributed by atoms with Crippen molar-refractivity contribution in [2.24, 2.45) is 0 Å². The predicted octanol–water partition coefficient (Wildman–Crippen LogP) is 2.43. The molecule has 0 heterocycles. The van der Waals surface area contributed by atoms with E-state index in [0.717, 1.165) is 31.2 Å². The maximum Gasteiger partial charge on any atom is 0.160 e. The molecule has 0 atom stereocenters. The molecular formula is C13H20O4. The molecule has 96 valence electrons. The summed E-state index contributed by atoms with van der Waals surface area (Å²) in [5.74, 6) is -0.0725. The van der Waals surface area contributed by atoms with Gasteiger partial charge in [0, 0.05) is 14.2 Å². The highest BCUT2D eigenvalue weighted by atomic mass is 16.7. The van der Waals surface area contributed by atoms with E-state index in [1.165, 1.54) is 6.07 Å². The molecule has 0 aliphatic heterocycles. The lowest BCUT2D eigenvalue weighted by Gasteiger charge is -2.12. The van der Waals surface area contributed by atoms with Crippen LogP contribution in [-0.4, -0.2) is 30.7 Å². The molecule has 0 aromatic heterocycles. The van der Waals surface area contributed by atoms with Gasteiger partial charge in [0.25, 0.3) is 0 Å². The zero-order chi connectivity index (χ0) is 12.7. The van der Waals surface area contributed by atoms with Crippen molar-refractivity contribution in [3.8, 4) is 11.5 Å². The Morgan fingerprint density at radius 2 is 1.82 bits per heavy atom. The van der Waals surface area contributed by atoms with Crippen molar-refractivity contribution in [2.75, 3.05) is 14.2 Å². The second-order valence-electron chi connectivity index (χ2n) is 3.93. The van der Waals surface area contributed by atoms with Crippen LogP contribution in [0, 0.1) is 0 Å². The summed E-state index contributed by atoms with van der Waals surface area (Å²) in [4.78, 5) is 0. The summed E-state index contributed by atoms with van der Waals surface area (Å²) in [5, 5.41) is 18.9. The average molecular weight is 240 g/mol. The van der Waals surface area contributed by atoms with E-state index in [1.807, 2.05) is 6.07 Å². The minimum Gasteiger partial charge on any atom is -0.504 e. The van der Waals surface area contributed by atoms with Gasteiger partial charge >= 0.3 is 0 Å². The van der Waals surface area contributed by atoms with Gasteiger partial charge in [0.1, 0.15) is 0 Å². The number of phenolic OH excluding ortho intramolecular Hbond substituents is 2. The van der Waals surface area contributed by atoms with Crippen LogP contribution < -0.4 is 0 Å². The fraction of sp³-hybridized carbons (Fsp3) is 0.538. The maximum absolute atomic E-state index is 9.60. The molecule has 0 unspecified atom stereocenters. The molecule has 0 amide bonds. The molecule has 1 rings (SSSR count). The lowest BCUT2D eigenvalue weighted by atomic mass is 10.1. The normalized spacial score (nSPS) is 11.0. The number of methoxy groups -OCH3 is 2. The lowest BCUT2D eigenvalue weighted by Crippen LogP contribution is -2.12. The number of para-hydroxylation sites is 1. The molecule has 0 spiro atoms. The van der Waals surface area contributed by atoms with Crippen LogP contribution >= 0.6 is 0 Å². The monoisotopic (exact) mass is 240 g/mol. The molecule has 2 N–H and O–H groups in total. The summed E-state index contributed by atoms with van der Waals surface area (Å²) in [6, 6.07) is 5.03. The SMILES string of the molecule is COC(CCCCc1cccc(O)c1O)OC. The summed E-state index contributed by atoms with van der Waals surface area (Å²) in [5.41, 5.74) is 0.774. The van der Waals surface area contributed by atoms with E-state index >= 15 is 0 Å². The van der Waals surface area contributed by atoms with Crippen molar-refractivity contribution < 1.29 is 19.7 Å². The van der Waals surface area contributed by atoms with Gasteiger partial charge in [0.2, 0.25) is 0 Å². The van der Waals surface area contributed by atoms with Gasteiger partial charge in [-0.1, -0.05) is 12.1 Å². The smallest absolute Gasteiger partial charge is 0.160 e. The Labute approximate surface area is 102 Å². The van der Waals surface area contributed by atoms with E-state index in [9.17, 15) is 10.2 Å². The average Bonchev–Trinajstić information content (AvgIpc) is 2.34. The fourth-order valence-corrected chi connectivity index (χ4v) is 1.74. The Balaban J connectivity index is 2.33. The second-order valence-corrected chi connectivity index (χ2v) is 3.93. The first-order chi connectivity index (χ1) is 8.19. The van der Waals surface area contributed by atoms with Crippen LogP contribution in [0.4, 0.5) is 0 Å². The summed E-state index contributed by atoms with van der Waals surface area (Å²) in [6.07, 6.45) is 3.27. The van der Waals surface area contributed by atoms with E-state index in [1.54, 1.807) is 20.3 Å². The highest BCUT2D eigenvalue weighted by Gasteiger charge is 2.07. The zero-order valence-electron chi connectivity index (χ0n) is 10.3. The second kappa shape index (κ2) is 7.14. The van der Waals surface area contributed by atoms with Crippen LogP contribution in [0.1, 0.15) is 24.8 Å². The number of benzene rings is 1. The number of ether oxygens (including phenoxy) is 2. The minimum atomic E-state index is -0.159. The van der Waals surface area contributed by atoms with Crippen molar-refractivity contribution in [3.63, 3.8) is 0 Å². The summed E-state index contributed by atoms with van der Waals surface area (Å²) in [7, 11) is 3.24. The zero-order valence-corrected chi connectivity index (χ0v) is 10.3. The van der Waals surface area contributed by atoms with Crippen molar-refractivity contribution >= 4 is 0 Å². The largest absolute Gasteiger partial charge is 0.504 e. The van der Waals surface area contributed by atoms with Gasteiger partial charge in [0.05, 0.1) is 0 Å². The molecule has 0 aliphatic rings. The third-order valence-corrected chi connectivity index (χ3v) is 2.76. The van der Waals surface area contributed by atoms with Gasteiger partial charge in [-0.3, -0.25) is 0 Å². The molecule has 0 bridgehead atoms. The van der Waals surface area contributed by atoms with Crippen LogP contribution in [0.15, 0.2) is 18.2 Å². The molecule has 1 aromatic rings. The van der Waals surface area contributed by atoms with E-state index in [4.69, 9.17) is 9.47 Å². The quantitative estimate of drug-likeness (QED) is 0.436. The molecule has 1 aromatic carbocycles. The molecule has 0 radical (unpaired) electrons. The molecule has 0 aliphatic carbocycles. The Morgan fingerprint density at radius 1 is 1.12 bits per heavy atom. The molecule has 4 heteroatoms. The van der Waals surface area contributed by atoms with Gasteiger partial charge in [-0.25, -0.2) is 0 Å². The number of rotatable bonds is 7. The van der Waals surface area contributed by atoms with Crippen molar-refractivity contribution in [2.45, 2.75) is 32.0 Å². The standard InChI is InChI=1S/C13H20O4/c1-16-12(17-2)9-4-3-6-10-7-5-8-11(14)13(10)15/h5,7-8,12,14-15H,3-4,6,9H2,1-2H3. The van der Waals surface area contributed by atoms with Gasteiger partial charge in [-0.2, -0.15) is 0 Å². The molecule has 0 fully saturated rings. The maximum atomic E-state index is 9.60. The number of hydrogen-bond acceptors (Lipinski definition) is 4. The third-order valence-electron chi connectivity index (χ3n) is 2.76. The molecule has 4 nitrogen and oxygen atoms in total. The Morgan fingerprint density at radius 3 is 2.47 bits per heavy atom. The molecule has 17 heavy (non-hydrogen) atoms. The topological polar surface area (TPSA) is 58.9 Å². The van der Waals surface area contributed by atoms with Crippen LogP contribution in [0.2, 0.25) is 0 Å². The van der Waals surface area contributed by atoms with Gasteiger partial charge in [0.15, 0.2) is 17.8 Å². The van der Waals surface area contributed by atoms with E-state index in [0.29, 0.717) is 0 Å². The highest BCUT2D eigenvalue weighted by Crippen LogP contribution is 2.29. The summed E-state index contributed by atoms with van der Waals surface area (Å²) >= 11 is 0. The van der Waals surface area contributed by atoms with Gasteiger partial charge in [-0.05, 0) is 37.3 Å². The fourth-order valence-electron chi connectivity index (χ4n) is 1.74. The van der Waals surface area contributed by atoms with E-state index < -0.39 is 0 Å². The predicted molar refractivity (Wildman–Crippen MR) is 65.1 cm³/mol. The summed E-state index contributed by atoms with van der Waals surface area (Å²) in [6.45, 7) is 0. The van der Waals surface area contributed by atoms with Crippen molar-refractivity contribution in [3.05, 3.63) is 23.8 Å². The Bertz CT molecular complexity index is 334. The van der Waals surface area contributed by atoms with E-state index in [2.05, 4.69) is 0 Å². The van der Waals surface area contributed by atoms with Crippen LogP contribution in [0.25, 0.3) is 0 Å². The first-order valence-corrected chi connectivity index (χ1v) is 5.74.